The summed E-state index contributed by atoms with van der Waals surface area (Å²) < 4.78 is 12.4. The zero-order valence-electron chi connectivity index (χ0n) is 7.71. The number of nitrogens with one attached hydrogen (secondary N) is 1. The van der Waals surface area contributed by atoms with E-state index < -0.39 is 6.67 Å². The Balaban J connectivity index is 3.07. The van der Waals surface area contributed by atoms with Crippen LogP contribution in [0.15, 0.2) is 18.2 Å². The van der Waals surface area contributed by atoms with E-state index in [9.17, 15) is 14.0 Å². The van der Waals surface area contributed by atoms with Crippen molar-refractivity contribution < 1.29 is 14.0 Å². The van der Waals surface area contributed by atoms with Gasteiger partial charge < -0.3 is 5.32 Å². The molecule has 0 atom stereocenters. The summed E-state index contributed by atoms with van der Waals surface area (Å²) in [5, 5.41) is 2.46. The summed E-state index contributed by atoms with van der Waals surface area (Å²) in [4.78, 5) is 21.2. The topological polar surface area (TPSA) is 46.2 Å². The van der Waals surface area contributed by atoms with E-state index >= 15 is 0 Å². The lowest BCUT2D eigenvalue weighted by molar-refractivity contribution is -0.114. The molecule has 1 aromatic rings. The standard InChI is InChI=1S/C10H10FNO2/c1-7(14)12-10-4-8(6-13)2-3-9(10)5-11/h2-4,6H,5H2,1H3,(H,12,14). The average Bonchev–Trinajstić information content (AvgIpc) is 2.16. The third-order valence-electron chi connectivity index (χ3n) is 1.72. The largest absolute Gasteiger partial charge is 0.326 e. The second-order valence-electron chi connectivity index (χ2n) is 2.85. The summed E-state index contributed by atoms with van der Waals surface area (Å²) in [5.41, 5.74) is 1.13. The van der Waals surface area contributed by atoms with Crippen molar-refractivity contribution in [2.24, 2.45) is 0 Å². The van der Waals surface area contributed by atoms with Crippen molar-refractivity contribution in [3.05, 3.63) is 29.3 Å². The Morgan fingerprint density at radius 1 is 1.57 bits per heavy atom. The van der Waals surface area contributed by atoms with Crippen LogP contribution in [0.5, 0.6) is 0 Å². The van der Waals surface area contributed by atoms with Crippen LogP contribution in [0.3, 0.4) is 0 Å². The molecule has 4 heteroatoms. The Hall–Kier alpha value is -1.71. The highest BCUT2D eigenvalue weighted by atomic mass is 19.1. The van der Waals surface area contributed by atoms with Crippen LogP contribution >= 0.6 is 0 Å². The number of carbonyl (C=O) groups is 2. The third-order valence-corrected chi connectivity index (χ3v) is 1.72. The Bertz CT molecular complexity index is 363. The SMILES string of the molecule is CC(=O)Nc1cc(C=O)ccc1CF. The number of benzene rings is 1. The highest BCUT2D eigenvalue weighted by Crippen LogP contribution is 2.18. The number of aldehydes is 1. The van der Waals surface area contributed by atoms with Gasteiger partial charge in [-0.15, -0.1) is 0 Å². The lowest BCUT2D eigenvalue weighted by Crippen LogP contribution is -2.08. The summed E-state index contributed by atoms with van der Waals surface area (Å²) in [5.74, 6) is -0.289. The van der Waals surface area contributed by atoms with Crippen molar-refractivity contribution in [3.8, 4) is 0 Å². The Morgan fingerprint density at radius 2 is 2.29 bits per heavy atom. The molecule has 1 amide bonds. The summed E-state index contributed by atoms with van der Waals surface area (Å²) >= 11 is 0. The van der Waals surface area contributed by atoms with E-state index in [4.69, 9.17) is 0 Å². The molecule has 0 spiro atoms. The number of amides is 1. The van der Waals surface area contributed by atoms with E-state index in [1.165, 1.54) is 25.1 Å². The normalized spacial score (nSPS) is 9.57. The van der Waals surface area contributed by atoms with Gasteiger partial charge >= 0.3 is 0 Å². The molecule has 0 saturated heterocycles. The minimum Gasteiger partial charge on any atom is -0.326 e. The van der Waals surface area contributed by atoms with Crippen LogP contribution in [0.1, 0.15) is 22.8 Å². The van der Waals surface area contributed by atoms with Crippen molar-refractivity contribution in [3.63, 3.8) is 0 Å². The first-order valence-electron chi connectivity index (χ1n) is 4.09. The van der Waals surface area contributed by atoms with Gasteiger partial charge in [-0.25, -0.2) is 4.39 Å². The fourth-order valence-corrected chi connectivity index (χ4v) is 1.09. The number of anilines is 1. The maximum Gasteiger partial charge on any atom is 0.221 e. The van der Waals surface area contributed by atoms with Crippen LogP contribution in [-0.4, -0.2) is 12.2 Å². The molecule has 1 N–H and O–H groups in total. The highest BCUT2D eigenvalue weighted by molar-refractivity contribution is 5.91. The van der Waals surface area contributed by atoms with Gasteiger partial charge in [0.2, 0.25) is 5.91 Å². The zero-order chi connectivity index (χ0) is 10.6. The van der Waals surface area contributed by atoms with Crippen LogP contribution in [0.2, 0.25) is 0 Å². The first-order chi connectivity index (χ1) is 6.67. The predicted octanol–water partition coefficient (Wildman–Crippen LogP) is 1.93. The van der Waals surface area contributed by atoms with Gasteiger partial charge in [-0.2, -0.15) is 0 Å². The van der Waals surface area contributed by atoms with Gasteiger partial charge in [0.15, 0.2) is 0 Å². The lowest BCUT2D eigenvalue weighted by Gasteiger charge is -2.07. The number of carbonyl (C=O) groups excluding carboxylic acids is 2. The Labute approximate surface area is 80.9 Å². The quantitative estimate of drug-likeness (QED) is 0.749. The first kappa shape index (κ1) is 10.4. The van der Waals surface area contributed by atoms with Crippen molar-refractivity contribution in [1.82, 2.24) is 0 Å². The molecule has 0 saturated carbocycles. The van der Waals surface area contributed by atoms with Crippen LogP contribution in [0, 0.1) is 0 Å². The van der Waals surface area contributed by atoms with Crippen LogP contribution in [-0.2, 0) is 11.5 Å². The Kier molecular flexibility index (Phi) is 3.34. The number of hydrogen-bond donors (Lipinski definition) is 1. The number of halogens is 1. The van der Waals surface area contributed by atoms with Gasteiger partial charge in [0.05, 0.1) is 0 Å². The molecule has 0 bridgehead atoms. The molecule has 0 fully saturated rings. The molecule has 74 valence electrons. The Morgan fingerprint density at radius 3 is 2.79 bits per heavy atom. The molecule has 1 aromatic carbocycles. The number of hydrogen-bond acceptors (Lipinski definition) is 2. The molecule has 1 rings (SSSR count). The first-order valence-corrected chi connectivity index (χ1v) is 4.09. The molecule has 0 aliphatic rings. The molecule has 0 unspecified atom stereocenters. The fraction of sp³-hybridized carbons (Fsp3) is 0.200. The summed E-state index contributed by atoms with van der Waals surface area (Å²) in [7, 11) is 0. The van der Waals surface area contributed by atoms with Gasteiger partial charge in [-0.05, 0) is 6.07 Å². The third kappa shape index (κ3) is 2.39. The second kappa shape index (κ2) is 4.50. The lowest BCUT2D eigenvalue weighted by atomic mass is 10.1. The second-order valence-corrected chi connectivity index (χ2v) is 2.85. The van der Waals surface area contributed by atoms with E-state index in [0.29, 0.717) is 23.1 Å². The van der Waals surface area contributed by atoms with Gasteiger partial charge in [0.1, 0.15) is 13.0 Å². The summed E-state index contributed by atoms with van der Waals surface area (Å²) in [6.07, 6.45) is 0.646. The van der Waals surface area contributed by atoms with Gasteiger partial charge in [-0.3, -0.25) is 9.59 Å². The molecule has 0 radical (unpaired) electrons. The zero-order valence-corrected chi connectivity index (χ0v) is 7.71. The molecule has 0 aliphatic heterocycles. The van der Waals surface area contributed by atoms with E-state index in [1.54, 1.807) is 0 Å². The van der Waals surface area contributed by atoms with Gasteiger partial charge in [-0.1, -0.05) is 12.1 Å². The number of alkyl halides is 1. The minimum absolute atomic E-state index is 0.289. The average molecular weight is 195 g/mol. The summed E-state index contributed by atoms with van der Waals surface area (Å²) in [6.45, 7) is 0.657. The van der Waals surface area contributed by atoms with E-state index in [2.05, 4.69) is 5.32 Å². The van der Waals surface area contributed by atoms with Crippen LogP contribution < -0.4 is 5.32 Å². The van der Waals surface area contributed by atoms with Gasteiger partial charge in [0.25, 0.3) is 0 Å². The maximum atomic E-state index is 12.4. The van der Waals surface area contributed by atoms with E-state index in [0.717, 1.165) is 0 Å². The molecular formula is C10H10FNO2. The molecule has 3 nitrogen and oxygen atoms in total. The van der Waals surface area contributed by atoms with Crippen LogP contribution in [0.25, 0.3) is 0 Å². The minimum atomic E-state index is -0.672. The van der Waals surface area contributed by atoms with Gasteiger partial charge in [0, 0.05) is 23.7 Å². The molecule has 14 heavy (non-hydrogen) atoms. The van der Waals surface area contributed by atoms with Crippen LogP contribution in [0.4, 0.5) is 10.1 Å². The number of rotatable bonds is 3. The van der Waals surface area contributed by atoms with Crippen molar-refractivity contribution in [2.45, 2.75) is 13.6 Å². The van der Waals surface area contributed by atoms with E-state index in [-0.39, 0.29) is 5.91 Å². The van der Waals surface area contributed by atoms with Crippen molar-refractivity contribution >= 4 is 17.9 Å². The van der Waals surface area contributed by atoms with Crippen molar-refractivity contribution in [2.75, 3.05) is 5.32 Å². The predicted molar refractivity (Wildman–Crippen MR) is 50.9 cm³/mol. The monoisotopic (exact) mass is 195 g/mol. The molecule has 0 aromatic heterocycles. The summed E-state index contributed by atoms with van der Waals surface area (Å²) in [6, 6.07) is 4.44. The fourth-order valence-electron chi connectivity index (χ4n) is 1.09. The van der Waals surface area contributed by atoms with E-state index in [1.807, 2.05) is 0 Å². The molecular weight excluding hydrogens is 185 g/mol. The molecule has 0 heterocycles. The van der Waals surface area contributed by atoms with Crippen molar-refractivity contribution in [1.29, 1.82) is 0 Å². The molecule has 0 aliphatic carbocycles. The smallest absolute Gasteiger partial charge is 0.221 e. The highest BCUT2D eigenvalue weighted by Gasteiger charge is 2.04. The maximum absolute atomic E-state index is 12.4.